The fraction of sp³-hybridized carbons (Fsp3) is 0.824. The van der Waals surface area contributed by atoms with E-state index in [1.165, 1.54) is 51.4 Å². The van der Waals surface area contributed by atoms with Gasteiger partial charge in [0.15, 0.2) is 0 Å². The number of unbranched alkanes of at least 4 members (excludes halogenated alkanes) is 7. The Morgan fingerprint density at radius 3 is 2.42 bits per heavy atom. The zero-order chi connectivity index (χ0) is 14.3. The van der Waals surface area contributed by atoms with Gasteiger partial charge < -0.3 is 5.11 Å². The summed E-state index contributed by atoms with van der Waals surface area (Å²) >= 11 is 0. The molecule has 0 aliphatic heterocycles. The molecule has 0 aliphatic carbocycles. The predicted molar refractivity (Wildman–Crippen MR) is 82.4 cm³/mol. The molecule has 0 aromatic heterocycles. The molecule has 0 rings (SSSR count). The third-order valence-electron chi connectivity index (χ3n) is 3.49. The molecular weight excluding hydrogens is 236 g/mol. The number of rotatable bonds is 13. The van der Waals surface area contributed by atoms with Crippen molar-refractivity contribution in [3.63, 3.8) is 0 Å². The summed E-state index contributed by atoms with van der Waals surface area (Å²) in [5.41, 5.74) is 0. The van der Waals surface area contributed by atoms with Crippen LogP contribution in [-0.4, -0.2) is 11.1 Å². The SMILES string of the molecule is CCCCC/C=C/C(C)CCCCCCCC(=O)O. The second-order valence-corrected chi connectivity index (χ2v) is 5.60. The van der Waals surface area contributed by atoms with Gasteiger partial charge in [0, 0.05) is 6.42 Å². The fourth-order valence-electron chi connectivity index (χ4n) is 2.21. The van der Waals surface area contributed by atoms with E-state index in [1.54, 1.807) is 0 Å². The predicted octanol–water partition coefficient (Wildman–Crippen LogP) is 5.57. The van der Waals surface area contributed by atoms with Crippen molar-refractivity contribution in [1.82, 2.24) is 0 Å². The molecule has 0 saturated carbocycles. The molecule has 0 aromatic rings. The minimum absolute atomic E-state index is 0.330. The molecular formula is C17H32O2. The maximum Gasteiger partial charge on any atom is 0.303 e. The molecule has 1 N–H and O–H groups in total. The molecule has 0 spiro atoms. The molecule has 2 heteroatoms. The summed E-state index contributed by atoms with van der Waals surface area (Å²) in [6.07, 6.45) is 17.1. The van der Waals surface area contributed by atoms with Gasteiger partial charge in [-0.15, -0.1) is 0 Å². The highest BCUT2D eigenvalue weighted by Crippen LogP contribution is 2.13. The number of hydrogen-bond donors (Lipinski definition) is 1. The van der Waals surface area contributed by atoms with Crippen LogP contribution in [0.4, 0.5) is 0 Å². The zero-order valence-corrected chi connectivity index (χ0v) is 12.9. The second-order valence-electron chi connectivity index (χ2n) is 5.60. The third kappa shape index (κ3) is 15.2. The zero-order valence-electron chi connectivity index (χ0n) is 12.9. The lowest BCUT2D eigenvalue weighted by Gasteiger charge is -2.06. The minimum Gasteiger partial charge on any atom is -0.481 e. The number of aliphatic carboxylic acids is 1. The summed E-state index contributed by atoms with van der Waals surface area (Å²) in [6.45, 7) is 4.53. The van der Waals surface area contributed by atoms with Crippen molar-refractivity contribution in [2.24, 2.45) is 5.92 Å². The van der Waals surface area contributed by atoms with Crippen molar-refractivity contribution in [1.29, 1.82) is 0 Å². The van der Waals surface area contributed by atoms with E-state index < -0.39 is 5.97 Å². The summed E-state index contributed by atoms with van der Waals surface area (Å²) in [4.78, 5) is 10.3. The molecule has 0 saturated heterocycles. The Hall–Kier alpha value is -0.790. The minimum atomic E-state index is -0.665. The van der Waals surface area contributed by atoms with Crippen molar-refractivity contribution in [2.75, 3.05) is 0 Å². The lowest BCUT2D eigenvalue weighted by atomic mass is 10.0. The Bertz CT molecular complexity index is 233. The molecule has 0 bridgehead atoms. The van der Waals surface area contributed by atoms with Crippen LogP contribution in [0.25, 0.3) is 0 Å². The van der Waals surface area contributed by atoms with Gasteiger partial charge in [-0.25, -0.2) is 0 Å². The Morgan fingerprint density at radius 2 is 1.74 bits per heavy atom. The normalized spacial score (nSPS) is 12.9. The number of carboxylic acids is 1. The largest absolute Gasteiger partial charge is 0.481 e. The lowest BCUT2D eigenvalue weighted by molar-refractivity contribution is -0.137. The van der Waals surface area contributed by atoms with E-state index in [-0.39, 0.29) is 0 Å². The maximum atomic E-state index is 10.3. The van der Waals surface area contributed by atoms with Gasteiger partial charge in [-0.1, -0.05) is 64.5 Å². The molecule has 0 fully saturated rings. The first-order chi connectivity index (χ1) is 9.16. The van der Waals surface area contributed by atoms with Gasteiger partial charge in [0.1, 0.15) is 0 Å². The van der Waals surface area contributed by atoms with Crippen LogP contribution in [0.2, 0.25) is 0 Å². The highest BCUT2D eigenvalue weighted by Gasteiger charge is 1.99. The van der Waals surface area contributed by atoms with E-state index in [2.05, 4.69) is 26.0 Å². The van der Waals surface area contributed by atoms with Crippen LogP contribution in [-0.2, 0) is 4.79 Å². The standard InChI is InChI=1S/C17H32O2/c1-3-4-5-7-10-13-16(2)14-11-8-6-9-12-15-17(18)19/h10,13,16H,3-9,11-12,14-15H2,1-2H3,(H,18,19)/b13-10+. The molecule has 19 heavy (non-hydrogen) atoms. The van der Waals surface area contributed by atoms with Crippen molar-refractivity contribution in [3.05, 3.63) is 12.2 Å². The summed E-state index contributed by atoms with van der Waals surface area (Å²) < 4.78 is 0. The van der Waals surface area contributed by atoms with Crippen molar-refractivity contribution < 1.29 is 9.90 Å². The molecule has 0 heterocycles. The van der Waals surface area contributed by atoms with E-state index in [1.807, 2.05) is 0 Å². The van der Waals surface area contributed by atoms with Crippen LogP contribution in [0.3, 0.4) is 0 Å². The Balaban J connectivity index is 3.28. The van der Waals surface area contributed by atoms with Crippen LogP contribution in [0, 0.1) is 5.92 Å². The first-order valence-corrected chi connectivity index (χ1v) is 8.05. The molecule has 0 aliphatic rings. The number of hydrogen-bond acceptors (Lipinski definition) is 1. The second kappa shape index (κ2) is 13.6. The lowest BCUT2D eigenvalue weighted by Crippen LogP contribution is -1.94. The Labute approximate surface area is 119 Å². The van der Waals surface area contributed by atoms with Crippen molar-refractivity contribution >= 4 is 5.97 Å². The average molecular weight is 268 g/mol. The average Bonchev–Trinajstić information content (AvgIpc) is 2.37. The fourth-order valence-corrected chi connectivity index (χ4v) is 2.21. The van der Waals surface area contributed by atoms with Gasteiger partial charge in [-0.05, 0) is 31.6 Å². The smallest absolute Gasteiger partial charge is 0.303 e. The molecule has 0 radical (unpaired) electrons. The quantitative estimate of drug-likeness (QED) is 0.350. The van der Waals surface area contributed by atoms with E-state index >= 15 is 0 Å². The van der Waals surface area contributed by atoms with Crippen LogP contribution >= 0.6 is 0 Å². The highest BCUT2D eigenvalue weighted by atomic mass is 16.4. The summed E-state index contributed by atoms with van der Waals surface area (Å²) in [7, 11) is 0. The van der Waals surface area contributed by atoms with Crippen molar-refractivity contribution in [2.45, 2.75) is 84.5 Å². The molecule has 112 valence electrons. The summed E-state index contributed by atoms with van der Waals surface area (Å²) in [6, 6.07) is 0. The van der Waals surface area contributed by atoms with Gasteiger partial charge in [0.2, 0.25) is 0 Å². The summed E-state index contributed by atoms with van der Waals surface area (Å²) in [5.74, 6) is 0.0301. The van der Waals surface area contributed by atoms with Gasteiger partial charge in [-0.3, -0.25) is 4.79 Å². The number of carbonyl (C=O) groups is 1. The first kappa shape index (κ1) is 18.2. The molecule has 2 nitrogen and oxygen atoms in total. The van der Waals surface area contributed by atoms with E-state index in [0.29, 0.717) is 12.3 Å². The number of allylic oxidation sites excluding steroid dienone is 2. The van der Waals surface area contributed by atoms with Gasteiger partial charge in [-0.2, -0.15) is 0 Å². The molecule has 0 aromatic carbocycles. The third-order valence-corrected chi connectivity index (χ3v) is 3.49. The van der Waals surface area contributed by atoms with Crippen LogP contribution in [0.1, 0.15) is 84.5 Å². The molecule has 1 atom stereocenters. The van der Waals surface area contributed by atoms with Gasteiger partial charge >= 0.3 is 5.97 Å². The Morgan fingerprint density at radius 1 is 1.05 bits per heavy atom. The molecule has 1 unspecified atom stereocenters. The highest BCUT2D eigenvalue weighted by molar-refractivity contribution is 5.66. The van der Waals surface area contributed by atoms with Crippen molar-refractivity contribution in [3.8, 4) is 0 Å². The van der Waals surface area contributed by atoms with E-state index in [0.717, 1.165) is 12.8 Å². The topological polar surface area (TPSA) is 37.3 Å². The van der Waals surface area contributed by atoms with Crippen LogP contribution < -0.4 is 0 Å². The first-order valence-electron chi connectivity index (χ1n) is 8.05. The van der Waals surface area contributed by atoms with Crippen LogP contribution in [0.5, 0.6) is 0 Å². The van der Waals surface area contributed by atoms with E-state index in [4.69, 9.17) is 5.11 Å². The van der Waals surface area contributed by atoms with Crippen LogP contribution in [0.15, 0.2) is 12.2 Å². The van der Waals surface area contributed by atoms with Gasteiger partial charge in [0.25, 0.3) is 0 Å². The Kier molecular flexibility index (Phi) is 13.1. The molecule has 0 amide bonds. The van der Waals surface area contributed by atoms with Gasteiger partial charge in [0.05, 0.1) is 0 Å². The summed E-state index contributed by atoms with van der Waals surface area (Å²) in [5, 5.41) is 8.52. The van der Waals surface area contributed by atoms with E-state index in [9.17, 15) is 4.79 Å². The maximum absolute atomic E-state index is 10.3. The monoisotopic (exact) mass is 268 g/mol. The number of carboxylic acid groups (broad SMARTS) is 1.